The van der Waals surface area contributed by atoms with Crippen LogP contribution in [0.1, 0.15) is 24.4 Å². The molecule has 0 saturated heterocycles. The van der Waals surface area contributed by atoms with Gasteiger partial charge in [-0.05, 0) is 24.6 Å². The standard InChI is InChI=1S/C21H24N4O3/c1-15(23-20(27)14-28-2)21-24-17-10-6-7-11-18(17)25(21)13-19(26)22-12-16-8-4-3-5-9-16/h3-11,15H,12-14H2,1-2H3,(H,22,26)(H,23,27). The minimum atomic E-state index is -0.364. The molecule has 0 spiro atoms. The highest BCUT2D eigenvalue weighted by Gasteiger charge is 2.19. The van der Waals surface area contributed by atoms with Crippen molar-refractivity contribution >= 4 is 22.8 Å². The Balaban J connectivity index is 1.78. The number of hydrogen-bond acceptors (Lipinski definition) is 4. The summed E-state index contributed by atoms with van der Waals surface area (Å²) in [5.41, 5.74) is 2.66. The molecule has 1 atom stereocenters. The van der Waals surface area contributed by atoms with E-state index in [0.29, 0.717) is 12.4 Å². The van der Waals surface area contributed by atoms with Gasteiger partial charge in [0.2, 0.25) is 11.8 Å². The van der Waals surface area contributed by atoms with Gasteiger partial charge < -0.3 is 19.9 Å². The maximum atomic E-state index is 12.6. The molecule has 0 fully saturated rings. The van der Waals surface area contributed by atoms with E-state index < -0.39 is 0 Å². The zero-order valence-electron chi connectivity index (χ0n) is 16.0. The van der Waals surface area contributed by atoms with Crippen LogP contribution in [0, 0.1) is 0 Å². The van der Waals surface area contributed by atoms with Gasteiger partial charge in [0.1, 0.15) is 19.0 Å². The predicted octanol–water partition coefficient (Wildman–Crippen LogP) is 2.18. The summed E-state index contributed by atoms with van der Waals surface area (Å²) in [6.45, 7) is 2.39. The van der Waals surface area contributed by atoms with E-state index >= 15 is 0 Å². The average Bonchev–Trinajstić information content (AvgIpc) is 3.06. The molecule has 1 heterocycles. The van der Waals surface area contributed by atoms with E-state index in [-0.39, 0.29) is 31.0 Å². The van der Waals surface area contributed by atoms with Gasteiger partial charge in [-0.3, -0.25) is 9.59 Å². The predicted molar refractivity (Wildman–Crippen MR) is 106 cm³/mol. The van der Waals surface area contributed by atoms with Gasteiger partial charge in [0, 0.05) is 13.7 Å². The molecule has 2 aromatic carbocycles. The Kier molecular flexibility index (Phi) is 6.39. The number of para-hydroxylation sites is 2. The van der Waals surface area contributed by atoms with Crippen molar-refractivity contribution in [2.24, 2.45) is 0 Å². The number of ether oxygens (including phenoxy) is 1. The Hall–Kier alpha value is -3.19. The molecule has 0 aliphatic rings. The largest absolute Gasteiger partial charge is 0.375 e. The van der Waals surface area contributed by atoms with Gasteiger partial charge >= 0.3 is 0 Å². The van der Waals surface area contributed by atoms with Crippen LogP contribution in [-0.4, -0.2) is 35.1 Å². The summed E-state index contributed by atoms with van der Waals surface area (Å²) in [4.78, 5) is 29.1. The topological polar surface area (TPSA) is 85.2 Å². The van der Waals surface area contributed by atoms with Crippen LogP contribution in [-0.2, 0) is 27.4 Å². The summed E-state index contributed by atoms with van der Waals surface area (Å²) in [6, 6.07) is 17.0. The minimum Gasteiger partial charge on any atom is -0.375 e. The van der Waals surface area contributed by atoms with E-state index in [1.807, 2.05) is 66.1 Å². The van der Waals surface area contributed by atoms with Crippen molar-refractivity contribution < 1.29 is 14.3 Å². The second kappa shape index (κ2) is 9.14. The van der Waals surface area contributed by atoms with Crippen molar-refractivity contribution in [1.29, 1.82) is 0 Å². The summed E-state index contributed by atoms with van der Waals surface area (Å²) in [6.07, 6.45) is 0. The number of aromatic nitrogens is 2. The molecule has 146 valence electrons. The molecule has 7 heteroatoms. The number of methoxy groups -OCH3 is 1. The fourth-order valence-corrected chi connectivity index (χ4v) is 3.07. The van der Waals surface area contributed by atoms with E-state index in [0.717, 1.165) is 16.6 Å². The van der Waals surface area contributed by atoms with Crippen LogP contribution in [0.4, 0.5) is 0 Å². The highest BCUT2D eigenvalue weighted by Crippen LogP contribution is 2.20. The van der Waals surface area contributed by atoms with Gasteiger partial charge in [-0.15, -0.1) is 0 Å². The van der Waals surface area contributed by atoms with E-state index in [2.05, 4.69) is 15.6 Å². The lowest BCUT2D eigenvalue weighted by atomic mass is 10.2. The monoisotopic (exact) mass is 380 g/mol. The molecule has 0 aliphatic carbocycles. The maximum absolute atomic E-state index is 12.6. The van der Waals surface area contributed by atoms with Crippen LogP contribution in [0.25, 0.3) is 11.0 Å². The molecule has 2 N–H and O–H groups in total. The highest BCUT2D eigenvalue weighted by atomic mass is 16.5. The van der Waals surface area contributed by atoms with Gasteiger partial charge in [-0.1, -0.05) is 42.5 Å². The third-order valence-electron chi connectivity index (χ3n) is 4.36. The van der Waals surface area contributed by atoms with Crippen LogP contribution in [0.3, 0.4) is 0 Å². The molecule has 1 aromatic heterocycles. The lowest BCUT2D eigenvalue weighted by Crippen LogP contribution is -2.33. The number of carbonyl (C=O) groups excluding carboxylic acids is 2. The molecule has 28 heavy (non-hydrogen) atoms. The van der Waals surface area contributed by atoms with Crippen molar-refractivity contribution in [3.05, 3.63) is 66.0 Å². The number of benzene rings is 2. The van der Waals surface area contributed by atoms with Gasteiger partial charge in [-0.25, -0.2) is 4.98 Å². The lowest BCUT2D eigenvalue weighted by molar-refractivity contribution is -0.125. The number of rotatable bonds is 8. The summed E-state index contributed by atoms with van der Waals surface area (Å²) < 4.78 is 6.71. The van der Waals surface area contributed by atoms with Crippen LogP contribution in [0.5, 0.6) is 0 Å². The Morgan fingerprint density at radius 2 is 1.79 bits per heavy atom. The number of amides is 2. The molecular weight excluding hydrogens is 356 g/mol. The Morgan fingerprint density at radius 3 is 2.54 bits per heavy atom. The fraction of sp³-hybridized carbons (Fsp3) is 0.286. The van der Waals surface area contributed by atoms with Crippen molar-refractivity contribution in [3.63, 3.8) is 0 Å². The first-order chi connectivity index (χ1) is 13.6. The first kappa shape index (κ1) is 19.6. The van der Waals surface area contributed by atoms with Crippen molar-refractivity contribution in [3.8, 4) is 0 Å². The number of nitrogens with one attached hydrogen (secondary N) is 2. The van der Waals surface area contributed by atoms with Crippen molar-refractivity contribution in [2.75, 3.05) is 13.7 Å². The van der Waals surface area contributed by atoms with E-state index in [4.69, 9.17) is 4.74 Å². The number of fused-ring (bicyclic) bond motifs is 1. The number of nitrogens with zero attached hydrogens (tertiary/aromatic N) is 2. The molecule has 7 nitrogen and oxygen atoms in total. The quantitative estimate of drug-likeness (QED) is 0.627. The first-order valence-electron chi connectivity index (χ1n) is 9.12. The number of imidazole rings is 1. The smallest absolute Gasteiger partial charge is 0.246 e. The Labute approximate surface area is 163 Å². The molecule has 3 rings (SSSR count). The molecule has 1 unspecified atom stereocenters. The molecule has 3 aromatic rings. The second-order valence-electron chi connectivity index (χ2n) is 6.53. The normalized spacial score (nSPS) is 11.9. The fourth-order valence-electron chi connectivity index (χ4n) is 3.07. The first-order valence-corrected chi connectivity index (χ1v) is 9.12. The zero-order chi connectivity index (χ0) is 19.9. The summed E-state index contributed by atoms with van der Waals surface area (Å²) in [5.74, 6) is 0.270. The summed E-state index contributed by atoms with van der Waals surface area (Å²) in [5, 5.41) is 5.78. The van der Waals surface area contributed by atoms with Gasteiger partial charge in [0.15, 0.2) is 0 Å². The molecule has 2 amide bonds. The highest BCUT2D eigenvalue weighted by molar-refractivity contribution is 5.82. The molecule has 0 bridgehead atoms. The van der Waals surface area contributed by atoms with Crippen LogP contribution in [0.2, 0.25) is 0 Å². The van der Waals surface area contributed by atoms with Gasteiger partial charge in [0.05, 0.1) is 17.1 Å². The molecular formula is C21H24N4O3. The van der Waals surface area contributed by atoms with Crippen LogP contribution < -0.4 is 10.6 Å². The Morgan fingerprint density at radius 1 is 1.07 bits per heavy atom. The third kappa shape index (κ3) is 4.75. The Bertz CT molecular complexity index is 953. The average molecular weight is 380 g/mol. The molecule has 0 radical (unpaired) electrons. The molecule has 0 saturated carbocycles. The van der Waals surface area contributed by atoms with Crippen molar-refractivity contribution in [1.82, 2.24) is 20.2 Å². The summed E-state index contributed by atoms with van der Waals surface area (Å²) >= 11 is 0. The van der Waals surface area contributed by atoms with Gasteiger partial charge in [-0.2, -0.15) is 0 Å². The van der Waals surface area contributed by atoms with Crippen LogP contribution >= 0.6 is 0 Å². The summed E-state index contributed by atoms with van der Waals surface area (Å²) in [7, 11) is 1.47. The number of carbonyl (C=O) groups is 2. The minimum absolute atomic E-state index is 0.0257. The lowest BCUT2D eigenvalue weighted by Gasteiger charge is -2.16. The van der Waals surface area contributed by atoms with E-state index in [9.17, 15) is 9.59 Å². The van der Waals surface area contributed by atoms with E-state index in [1.165, 1.54) is 7.11 Å². The molecule has 0 aliphatic heterocycles. The van der Waals surface area contributed by atoms with Gasteiger partial charge in [0.25, 0.3) is 0 Å². The second-order valence-corrected chi connectivity index (χ2v) is 6.53. The SMILES string of the molecule is COCC(=O)NC(C)c1nc2ccccc2n1CC(=O)NCc1ccccc1. The van der Waals surface area contributed by atoms with Crippen LogP contribution in [0.15, 0.2) is 54.6 Å². The van der Waals surface area contributed by atoms with Crippen molar-refractivity contribution in [2.45, 2.75) is 26.1 Å². The maximum Gasteiger partial charge on any atom is 0.246 e. The number of hydrogen-bond donors (Lipinski definition) is 2. The third-order valence-corrected chi connectivity index (χ3v) is 4.36. The zero-order valence-corrected chi connectivity index (χ0v) is 16.0. The van der Waals surface area contributed by atoms with E-state index in [1.54, 1.807) is 0 Å².